The number of hydrogen-bond donors (Lipinski definition) is 2. The molecule has 1 heterocycles. The number of amides is 2. The van der Waals surface area contributed by atoms with Gasteiger partial charge in [0.1, 0.15) is 0 Å². The summed E-state index contributed by atoms with van der Waals surface area (Å²) in [6.45, 7) is 5.43. The van der Waals surface area contributed by atoms with E-state index in [0.29, 0.717) is 0 Å². The summed E-state index contributed by atoms with van der Waals surface area (Å²) < 4.78 is 0. The van der Waals surface area contributed by atoms with Gasteiger partial charge in [-0.1, -0.05) is 25.5 Å². The molecule has 5 heteroatoms. The normalized spacial score (nSPS) is 20.0. The zero-order valence-corrected chi connectivity index (χ0v) is 14.4. The number of fused-ring (bicyclic) bond motifs is 1. The molecule has 2 atom stereocenters. The maximum absolute atomic E-state index is 12.7. The molecule has 1 aliphatic rings. The Morgan fingerprint density at radius 2 is 2.00 bits per heavy atom. The molecule has 1 aliphatic carbocycles. The Hall–Kier alpha value is -2.69. The van der Waals surface area contributed by atoms with Crippen LogP contribution in [0.3, 0.4) is 0 Å². The molecule has 0 saturated heterocycles. The lowest BCUT2D eigenvalue weighted by molar-refractivity contribution is -0.123. The minimum absolute atomic E-state index is 0.0477. The molecule has 3 rings (SSSR count). The van der Waals surface area contributed by atoms with E-state index in [4.69, 9.17) is 0 Å². The number of aromatic nitrogens is 1. The number of benzene rings is 1. The summed E-state index contributed by atoms with van der Waals surface area (Å²) in [7, 11) is 0. The molecular formula is C20H23N3O2. The van der Waals surface area contributed by atoms with Gasteiger partial charge in [-0.05, 0) is 50.1 Å². The molecule has 130 valence electrons. The molecule has 0 unspecified atom stereocenters. The Kier molecular flexibility index (Phi) is 5.12. The highest BCUT2D eigenvalue weighted by molar-refractivity contribution is 5.96. The fraction of sp³-hybridized carbons (Fsp3) is 0.350. The van der Waals surface area contributed by atoms with Crippen molar-refractivity contribution < 1.29 is 9.59 Å². The summed E-state index contributed by atoms with van der Waals surface area (Å²) in [6.07, 6.45) is 4.87. The Labute approximate surface area is 147 Å². The maximum atomic E-state index is 12.7. The average molecular weight is 337 g/mol. The molecule has 2 aromatic rings. The van der Waals surface area contributed by atoms with Gasteiger partial charge in [-0.3, -0.25) is 14.6 Å². The van der Waals surface area contributed by atoms with E-state index in [1.54, 1.807) is 0 Å². The van der Waals surface area contributed by atoms with Gasteiger partial charge >= 0.3 is 0 Å². The van der Waals surface area contributed by atoms with Crippen LogP contribution in [0.1, 0.15) is 31.4 Å². The number of carbonyl (C=O) groups is 2. The number of nitrogens with one attached hydrogen (secondary N) is 2. The maximum Gasteiger partial charge on any atom is 0.243 e. The number of nitrogens with zero attached hydrogens (tertiary/aromatic N) is 1. The van der Waals surface area contributed by atoms with Crippen LogP contribution in [0.5, 0.6) is 0 Å². The molecule has 0 radical (unpaired) electrons. The summed E-state index contributed by atoms with van der Waals surface area (Å²) in [5.41, 5.74) is 2.63. The van der Waals surface area contributed by atoms with Gasteiger partial charge in [-0.25, -0.2) is 0 Å². The summed E-state index contributed by atoms with van der Waals surface area (Å²) >= 11 is 0. The third-order valence-corrected chi connectivity index (χ3v) is 4.71. The molecule has 0 aliphatic heterocycles. The molecule has 2 amide bonds. The van der Waals surface area contributed by atoms with E-state index in [0.717, 1.165) is 48.0 Å². The third kappa shape index (κ3) is 4.05. The summed E-state index contributed by atoms with van der Waals surface area (Å²) in [4.78, 5) is 28.8. The highest BCUT2D eigenvalue weighted by Crippen LogP contribution is 2.26. The van der Waals surface area contributed by atoms with E-state index in [1.165, 1.54) is 6.08 Å². The van der Waals surface area contributed by atoms with Crippen LogP contribution < -0.4 is 10.6 Å². The topological polar surface area (TPSA) is 71.1 Å². The van der Waals surface area contributed by atoms with Crippen LogP contribution in [-0.4, -0.2) is 22.8 Å². The molecule has 0 spiro atoms. The Morgan fingerprint density at radius 3 is 2.80 bits per heavy atom. The van der Waals surface area contributed by atoms with Crippen molar-refractivity contribution in [1.82, 2.24) is 10.3 Å². The van der Waals surface area contributed by atoms with Crippen LogP contribution >= 0.6 is 0 Å². The molecule has 5 nitrogen and oxygen atoms in total. The number of pyridine rings is 1. The van der Waals surface area contributed by atoms with Gasteiger partial charge in [0.15, 0.2) is 0 Å². The lowest BCUT2D eigenvalue weighted by atomic mass is 9.83. The monoisotopic (exact) mass is 337 g/mol. The zero-order chi connectivity index (χ0) is 17.8. The van der Waals surface area contributed by atoms with Gasteiger partial charge in [0, 0.05) is 22.8 Å². The molecule has 1 aromatic heterocycles. The Bertz CT molecular complexity index is 816. The molecule has 1 aromatic carbocycles. The summed E-state index contributed by atoms with van der Waals surface area (Å²) in [5, 5.41) is 6.88. The van der Waals surface area contributed by atoms with Gasteiger partial charge < -0.3 is 10.6 Å². The van der Waals surface area contributed by atoms with Crippen molar-refractivity contribution in [3.8, 4) is 0 Å². The van der Waals surface area contributed by atoms with E-state index in [2.05, 4.69) is 22.2 Å². The summed E-state index contributed by atoms with van der Waals surface area (Å²) in [5.74, 6) is -0.491. The van der Waals surface area contributed by atoms with Crippen LogP contribution in [0, 0.1) is 12.8 Å². The number of aryl methyl sites for hydroxylation is 1. The average Bonchev–Trinajstić information content (AvgIpc) is 2.62. The number of rotatable bonds is 4. The molecule has 2 N–H and O–H groups in total. The predicted octanol–water partition coefficient (Wildman–Crippen LogP) is 3.34. The molecule has 25 heavy (non-hydrogen) atoms. The van der Waals surface area contributed by atoms with Crippen LogP contribution in [-0.2, 0) is 9.59 Å². The standard InChI is InChI=1S/C20H23N3O2/c1-3-19(24)23-18-7-5-4-6-16(18)20(25)22-15-10-11-17-14(12-15)9-8-13(2)21-17/h3,8-12,16,18H,1,4-7H2,2H3,(H,22,25)(H,23,24)/t16-,18+/m0/s1. The van der Waals surface area contributed by atoms with Gasteiger partial charge in [-0.2, -0.15) is 0 Å². The van der Waals surface area contributed by atoms with Gasteiger partial charge in [-0.15, -0.1) is 0 Å². The van der Waals surface area contributed by atoms with Crippen LogP contribution in [0.4, 0.5) is 5.69 Å². The first kappa shape index (κ1) is 17.1. The second-order valence-corrected chi connectivity index (χ2v) is 6.56. The van der Waals surface area contributed by atoms with Crippen molar-refractivity contribution in [2.45, 2.75) is 38.6 Å². The van der Waals surface area contributed by atoms with Gasteiger partial charge in [0.25, 0.3) is 0 Å². The highest BCUT2D eigenvalue weighted by atomic mass is 16.2. The van der Waals surface area contributed by atoms with Crippen molar-refractivity contribution in [3.63, 3.8) is 0 Å². The fourth-order valence-electron chi connectivity index (χ4n) is 3.40. The second-order valence-electron chi connectivity index (χ2n) is 6.56. The summed E-state index contributed by atoms with van der Waals surface area (Å²) in [6, 6.07) is 9.53. The van der Waals surface area contributed by atoms with E-state index < -0.39 is 0 Å². The number of anilines is 1. The van der Waals surface area contributed by atoms with Crippen LogP contribution in [0.2, 0.25) is 0 Å². The van der Waals surface area contributed by atoms with E-state index in [-0.39, 0.29) is 23.8 Å². The lowest BCUT2D eigenvalue weighted by Crippen LogP contribution is -2.46. The van der Waals surface area contributed by atoms with Crippen LogP contribution in [0.25, 0.3) is 10.9 Å². The predicted molar refractivity (Wildman–Crippen MR) is 99.2 cm³/mol. The van der Waals surface area contributed by atoms with E-state index in [1.807, 2.05) is 37.3 Å². The van der Waals surface area contributed by atoms with Crippen molar-refractivity contribution in [2.75, 3.05) is 5.32 Å². The van der Waals surface area contributed by atoms with Crippen molar-refractivity contribution in [1.29, 1.82) is 0 Å². The van der Waals surface area contributed by atoms with Crippen molar-refractivity contribution in [2.24, 2.45) is 5.92 Å². The fourth-order valence-corrected chi connectivity index (χ4v) is 3.40. The Morgan fingerprint density at radius 1 is 1.20 bits per heavy atom. The lowest BCUT2D eigenvalue weighted by Gasteiger charge is -2.31. The number of hydrogen-bond acceptors (Lipinski definition) is 3. The largest absolute Gasteiger partial charge is 0.349 e. The van der Waals surface area contributed by atoms with E-state index in [9.17, 15) is 9.59 Å². The minimum atomic E-state index is -0.225. The first-order valence-electron chi connectivity index (χ1n) is 8.68. The SMILES string of the molecule is C=CC(=O)N[C@@H]1CCCC[C@@H]1C(=O)Nc1ccc2nc(C)ccc2c1. The smallest absolute Gasteiger partial charge is 0.243 e. The van der Waals surface area contributed by atoms with Crippen molar-refractivity contribution in [3.05, 3.63) is 48.7 Å². The third-order valence-electron chi connectivity index (χ3n) is 4.71. The highest BCUT2D eigenvalue weighted by Gasteiger charge is 2.31. The first-order chi connectivity index (χ1) is 12.1. The molecule has 1 fully saturated rings. The zero-order valence-electron chi connectivity index (χ0n) is 14.4. The van der Waals surface area contributed by atoms with Gasteiger partial charge in [0.2, 0.25) is 11.8 Å². The minimum Gasteiger partial charge on any atom is -0.349 e. The molecule has 1 saturated carbocycles. The molecular weight excluding hydrogens is 314 g/mol. The first-order valence-corrected chi connectivity index (χ1v) is 8.68. The van der Waals surface area contributed by atoms with Gasteiger partial charge in [0.05, 0.1) is 11.4 Å². The second kappa shape index (κ2) is 7.47. The molecule has 0 bridgehead atoms. The Balaban J connectivity index is 1.74. The van der Waals surface area contributed by atoms with Crippen LogP contribution in [0.15, 0.2) is 43.0 Å². The quantitative estimate of drug-likeness (QED) is 0.841. The number of carbonyl (C=O) groups excluding carboxylic acids is 2. The van der Waals surface area contributed by atoms with Crippen molar-refractivity contribution >= 4 is 28.4 Å². The van der Waals surface area contributed by atoms with E-state index >= 15 is 0 Å².